The monoisotopic (exact) mass is 369 g/mol. The summed E-state index contributed by atoms with van der Waals surface area (Å²) < 4.78 is 11.4. The lowest BCUT2D eigenvalue weighted by molar-refractivity contribution is 0.0251. The van der Waals surface area contributed by atoms with Gasteiger partial charge >= 0.3 is 0 Å². The zero-order valence-corrected chi connectivity index (χ0v) is 13.9. The second kappa shape index (κ2) is 6.77. The van der Waals surface area contributed by atoms with Crippen LogP contribution >= 0.6 is 27.3 Å². The Balaban J connectivity index is 1.81. The summed E-state index contributed by atoms with van der Waals surface area (Å²) >= 11 is 4.92. The molecule has 0 N–H and O–H groups in total. The summed E-state index contributed by atoms with van der Waals surface area (Å²) in [7, 11) is 0. The van der Waals surface area contributed by atoms with Crippen LogP contribution in [0.1, 0.15) is 28.3 Å². The first-order valence-corrected chi connectivity index (χ1v) is 8.58. The highest BCUT2D eigenvalue weighted by atomic mass is 79.9. The molecule has 1 amide bonds. The van der Waals surface area contributed by atoms with Crippen LogP contribution < -0.4 is 0 Å². The van der Waals surface area contributed by atoms with Crippen molar-refractivity contribution in [3.63, 3.8) is 0 Å². The molecule has 1 aliphatic heterocycles. The Morgan fingerprint density at radius 1 is 1.33 bits per heavy atom. The summed E-state index contributed by atoms with van der Waals surface area (Å²) in [6.07, 6.45) is 1.75. The van der Waals surface area contributed by atoms with Crippen LogP contribution in [0.15, 0.2) is 38.7 Å². The maximum Gasteiger partial charge on any atom is 0.290 e. The molecular formula is C15H16BrNO3S. The van der Waals surface area contributed by atoms with E-state index in [2.05, 4.69) is 22.0 Å². The summed E-state index contributed by atoms with van der Waals surface area (Å²) in [4.78, 5) is 15.9. The largest absolute Gasteiger partial charge is 0.444 e. The van der Waals surface area contributed by atoms with Gasteiger partial charge in [0.1, 0.15) is 0 Å². The van der Waals surface area contributed by atoms with Crippen molar-refractivity contribution in [3.8, 4) is 0 Å². The van der Waals surface area contributed by atoms with Crippen LogP contribution in [0.25, 0.3) is 0 Å². The van der Waals surface area contributed by atoms with E-state index >= 15 is 0 Å². The first kappa shape index (κ1) is 14.8. The Kier molecular flexibility index (Phi) is 4.77. The highest BCUT2D eigenvalue weighted by molar-refractivity contribution is 9.10. The smallest absolute Gasteiger partial charge is 0.290 e. The standard InChI is InChI=1S/C15H16BrNO3S/c16-14-4-3-13(20-14)15(18)17(10-12-2-1-9-21-12)11-5-7-19-8-6-11/h1-4,9,11H,5-8,10H2. The molecule has 3 rings (SSSR count). The zero-order chi connectivity index (χ0) is 14.7. The van der Waals surface area contributed by atoms with Gasteiger partial charge < -0.3 is 14.1 Å². The minimum absolute atomic E-state index is 0.0546. The number of halogens is 1. The first-order valence-electron chi connectivity index (χ1n) is 6.90. The average Bonchev–Trinajstić information content (AvgIpc) is 3.16. The number of ether oxygens (including phenoxy) is 1. The second-order valence-electron chi connectivity index (χ2n) is 4.96. The molecule has 0 aliphatic carbocycles. The number of carbonyl (C=O) groups is 1. The van der Waals surface area contributed by atoms with Crippen molar-refractivity contribution in [2.75, 3.05) is 13.2 Å². The number of amides is 1. The minimum atomic E-state index is -0.0546. The van der Waals surface area contributed by atoms with E-state index in [0.29, 0.717) is 30.2 Å². The molecule has 6 heteroatoms. The van der Waals surface area contributed by atoms with Gasteiger partial charge in [-0.1, -0.05) is 6.07 Å². The van der Waals surface area contributed by atoms with Gasteiger partial charge in [0.2, 0.25) is 0 Å². The van der Waals surface area contributed by atoms with Crippen LogP contribution in [0.3, 0.4) is 0 Å². The fraction of sp³-hybridized carbons (Fsp3) is 0.400. The van der Waals surface area contributed by atoms with Gasteiger partial charge in [-0.3, -0.25) is 4.79 Å². The lowest BCUT2D eigenvalue weighted by atomic mass is 10.1. The fourth-order valence-electron chi connectivity index (χ4n) is 2.50. The molecule has 0 unspecified atom stereocenters. The van der Waals surface area contributed by atoms with E-state index in [1.54, 1.807) is 23.5 Å². The molecule has 21 heavy (non-hydrogen) atoms. The number of hydrogen-bond donors (Lipinski definition) is 0. The molecule has 0 spiro atoms. The molecule has 0 bridgehead atoms. The van der Waals surface area contributed by atoms with Gasteiger partial charge in [-0.05, 0) is 52.4 Å². The molecular weight excluding hydrogens is 354 g/mol. The summed E-state index contributed by atoms with van der Waals surface area (Å²) in [5.41, 5.74) is 0. The predicted octanol–water partition coefficient (Wildman–Crippen LogP) is 3.93. The molecule has 3 heterocycles. The number of rotatable bonds is 4. The van der Waals surface area contributed by atoms with Gasteiger partial charge in [0.25, 0.3) is 5.91 Å². The minimum Gasteiger partial charge on any atom is -0.444 e. The third kappa shape index (κ3) is 3.56. The number of carbonyl (C=O) groups excluding carboxylic acids is 1. The van der Waals surface area contributed by atoms with Crippen molar-refractivity contribution in [1.82, 2.24) is 4.90 Å². The molecule has 112 valence electrons. The summed E-state index contributed by atoms with van der Waals surface area (Å²) in [6.45, 7) is 2.04. The van der Waals surface area contributed by atoms with E-state index in [1.165, 1.54) is 4.88 Å². The Morgan fingerprint density at radius 2 is 2.14 bits per heavy atom. The zero-order valence-electron chi connectivity index (χ0n) is 11.5. The topological polar surface area (TPSA) is 42.7 Å². The maximum atomic E-state index is 12.8. The quantitative estimate of drug-likeness (QED) is 0.819. The molecule has 2 aromatic rings. The number of furan rings is 1. The van der Waals surface area contributed by atoms with Crippen molar-refractivity contribution in [2.24, 2.45) is 0 Å². The van der Waals surface area contributed by atoms with Gasteiger partial charge in [-0.15, -0.1) is 11.3 Å². The summed E-state index contributed by atoms with van der Waals surface area (Å²) in [5, 5.41) is 2.03. The van der Waals surface area contributed by atoms with Crippen LogP contribution in [0.2, 0.25) is 0 Å². The second-order valence-corrected chi connectivity index (χ2v) is 6.77. The van der Waals surface area contributed by atoms with Crippen LogP contribution in [0, 0.1) is 0 Å². The molecule has 0 radical (unpaired) electrons. The third-order valence-electron chi connectivity index (χ3n) is 3.58. The molecule has 1 fully saturated rings. The molecule has 4 nitrogen and oxygen atoms in total. The molecule has 1 aliphatic rings. The van der Waals surface area contributed by atoms with Gasteiger partial charge in [0.15, 0.2) is 10.4 Å². The van der Waals surface area contributed by atoms with Crippen molar-refractivity contribution >= 4 is 33.2 Å². The molecule has 1 saturated heterocycles. The Hall–Kier alpha value is -1.11. The Morgan fingerprint density at radius 3 is 2.76 bits per heavy atom. The maximum absolute atomic E-state index is 12.8. The van der Waals surface area contributed by atoms with Gasteiger partial charge in [-0.2, -0.15) is 0 Å². The molecule has 0 atom stereocenters. The number of thiophene rings is 1. The molecule has 0 aromatic carbocycles. The lowest BCUT2D eigenvalue weighted by Crippen LogP contribution is -2.42. The highest BCUT2D eigenvalue weighted by Gasteiger charge is 2.28. The van der Waals surface area contributed by atoms with Crippen LogP contribution in [-0.2, 0) is 11.3 Å². The van der Waals surface area contributed by atoms with Crippen molar-refractivity contribution < 1.29 is 13.9 Å². The third-order valence-corrected chi connectivity index (χ3v) is 4.87. The van der Waals surface area contributed by atoms with Gasteiger partial charge in [0, 0.05) is 24.1 Å². The normalized spacial score (nSPS) is 16.0. The molecule has 0 saturated carbocycles. The van der Waals surface area contributed by atoms with Crippen molar-refractivity contribution in [2.45, 2.75) is 25.4 Å². The highest BCUT2D eigenvalue weighted by Crippen LogP contribution is 2.24. The number of hydrogen-bond acceptors (Lipinski definition) is 4. The Bertz CT molecular complexity index is 590. The Labute approximate surface area is 135 Å². The predicted molar refractivity (Wildman–Crippen MR) is 84.4 cm³/mol. The summed E-state index contributed by atoms with van der Waals surface area (Å²) in [6, 6.07) is 7.74. The van der Waals surface area contributed by atoms with Crippen molar-refractivity contribution in [3.05, 3.63) is 45.0 Å². The van der Waals surface area contributed by atoms with E-state index in [9.17, 15) is 4.79 Å². The average molecular weight is 370 g/mol. The van der Waals surface area contributed by atoms with Gasteiger partial charge in [-0.25, -0.2) is 0 Å². The van der Waals surface area contributed by atoms with Crippen molar-refractivity contribution in [1.29, 1.82) is 0 Å². The molecule has 2 aromatic heterocycles. The van der Waals surface area contributed by atoms with E-state index in [0.717, 1.165) is 12.8 Å². The van der Waals surface area contributed by atoms with E-state index < -0.39 is 0 Å². The van der Waals surface area contributed by atoms with Crippen LogP contribution in [0.5, 0.6) is 0 Å². The lowest BCUT2D eigenvalue weighted by Gasteiger charge is -2.33. The van der Waals surface area contributed by atoms with Crippen LogP contribution in [-0.4, -0.2) is 30.1 Å². The van der Waals surface area contributed by atoms with E-state index in [4.69, 9.17) is 9.15 Å². The van der Waals surface area contributed by atoms with E-state index in [-0.39, 0.29) is 11.9 Å². The summed E-state index contributed by atoms with van der Waals surface area (Å²) in [5.74, 6) is 0.325. The van der Waals surface area contributed by atoms with Crippen LogP contribution in [0.4, 0.5) is 0 Å². The number of nitrogens with zero attached hydrogens (tertiary/aromatic N) is 1. The fourth-order valence-corrected chi connectivity index (χ4v) is 3.51. The first-order chi connectivity index (χ1) is 10.2. The SMILES string of the molecule is O=C(c1ccc(Br)o1)N(Cc1cccs1)C1CCOCC1. The van der Waals surface area contributed by atoms with E-state index in [1.807, 2.05) is 16.3 Å². The van der Waals surface area contributed by atoms with Gasteiger partial charge in [0.05, 0.1) is 6.54 Å².